The van der Waals surface area contributed by atoms with Gasteiger partial charge in [-0.05, 0) is 39.4 Å². The number of halogens is 1. The lowest BCUT2D eigenvalue weighted by atomic mass is 10.0. The van der Waals surface area contributed by atoms with Crippen LogP contribution in [0.25, 0.3) is 0 Å². The highest BCUT2D eigenvalue weighted by atomic mass is 19.1. The van der Waals surface area contributed by atoms with Crippen LogP contribution >= 0.6 is 0 Å². The van der Waals surface area contributed by atoms with Gasteiger partial charge in [0.1, 0.15) is 5.82 Å². The van der Waals surface area contributed by atoms with Crippen LogP contribution in [0.2, 0.25) is 0 Å². The summed E-state index contributed by atoms with van der Waals surface area (Å²) in [5, 5.41) is 3.33. The summed E-state index contributed by atoms with van der Waals surface area (Å²) in [6, 6.07) is 6.06. The number of hydrogen-bond acceptors (Lipinski definition) is 3. The topological polar surface area (TPSA) is 18.5 Å². The summed E-state index contributed by atoms with van der Waals surface area (Å²) in [6.45, 7) is 13.4. The van der Waals surface area contributed by atoms with Crippen molar-refractivity contribution in [3.05, 3.63) is 29.6 Å². The molecule has 2 rings (SSSR count). The van der Waals surface area contributed by atoms with Crippen molar-refractivity contribution >= 4 is 5.69 Å². The van der Waals surface area contributed by atoms with E-state index in [-0.39, 0.29) is 11.9 Å². The summed E-state index contributed by atoms with van der Waals surface area (Å²) >= 11 is 0. The third kappa shape index (κ3) is 3.74. The van der Waals surface area contributed by atoms with Crippen molar-refractivity contribution in [2.45, 2.75) is 39.8 Å². The van der Waals surface area contributed by atoms with Crippen LogP contribution < -0.4 is 10.2 Å². The summed E-state index contributed by atoms with van der Waals surface area (Å²) in [6.07, 6.45) is 0. The third-order valence-corrected chi connectivity index (χ3v) is 4.36. The minimum Gasteiger partial charge on any atom is -0.369 e. The Morgan fingerprint density at radius 1 is 1.14 bits per heavy atom. The van der Waals surface area contributed by atoms with Crippen LogP contribution in [0.4, 0.5) is 10.1 Å². The van der Waals surface area contributed by atoms with Crippen LogP contribution in [0.5, 0.6) is 0 Å². The Morgan fingerprint density at radius 2 is 1.81 bits per heavy atom. The predicted molar refractivity (Wildman–Crippen MR) is 87.4 cm³/mol. The lowest BCUT2D eigenvalue weighted by molar-refractivity contribution is 0.209. The molecule has 0 radical (unpaired) electrons. The molecular weight excluding hydrogens is 265 g/mol. The molecule has 1 aliphatic rings. The maximum Gasteiger partial charge on any atom is 0.130 e. The lowest BCUT2D eigenvalue weighted by Crippen LogP contribution is -2.49. The van der Waals surface area contributed by atoms with Gasteiger partial charge >= 0.3 is 0 Å². The molecule has 1 fully saturated rings. The van der Waals surface area contributed by atoms with Gasteiger partial charge in [-0.1, -0.05) is 13.0 Å². The summed E-state index contributed by atoms with van der Waals surface area (Å²) < 4.78 is 14.3. The molecule has 1 N–H and O–H groups in total. The van der Waals surface area contributed by atoms with Gasteiger partial charge in [-0.25, -0.2) is 4.39 Å². The first-order valence-electron chi connectivity index (χ1n) is 8.05. The van der Waals surface area contributed by atoms with E-state index in [1.54, 1.807) is 6.07 Å². The van der Waals surface area contributed by atoms with Crippen molar-refractivity contribution in [2.24, 2.45) is 0 Å². The maximum atomic E-state index is 14.3. The van der Waals surface area contributed by atoms with Gasteiger partial charge in [0, 0.05) is 49.5 Å². The summed E-state index contributed by atoms with van der Waals surface area (Å²) in [7, 11) is 0. The second-order valence-electron chi connectivity index (χ2n) is 6.07. The van der Waals surface area contributed by atoms with Gasteiger partial charge in [-0.3, -0.25) is 4.90 Å². The van der Waals surface area contributed by atoms with Crippen molar-refractivity contribution in [3.8, 4) is 0 Å². The highest BCUT2D eigenvalue weighted by Gasteiger charge is 2.23. The van der Waals surface area contributed by atoms with Crippen LogP contribution in [0.15, 0.2) is 18.2 Å². The van der Waals surface area contributed by atoms with Crippen LogP contribution in [-0.2, 0) is 0 Å². The smallest absolute Gasteiger partial charge is 0.130 e. The zero-order chi connectivity index (χ0) is 15.4. The van der Waals surface area contributed by atoms with Gasteiger partial charge in [-0.15, -0.1) is 0 Å². The Bertz CT molecular complexity index is 453. The van der Waals surface area contributed by atoms with E-state index < -0.39 is 0 Å². The van der Waals surface area contributed by atoms with Crippen LogP contribution in [0, 0.1) is 5.82 Å². The molecule has 1 heterocycles. The van der Waals surface area contributed by atoms with E-state index in [4.69, 9.17) is 0 Å². The normalized spacial score (nSPS) is 18.3. The van der Waals surface area contributed by atoms with E-state index in [1.165, 1.54) is 0 Å². The van der Waals surface area contributed by atoms with E-state index in [1.807, 2.05) is 13.0 Å². The fourth-order valence-corrected chi connectivity index (χ4v) is 3.12. The molecule has 1 saturated heterocycles. The fraction of sp³-hybridized carbons (Fsp3) is 0.647. The van der Waals surface area contributed by atoms with Crippen LogP contribution in [0.3, 0.4) is 0 Å². The molecule has 21 heavy (non-hydrogen) atoms. The predicted octanol–water partition coefficient (Wildman–Crippen LogP) is 3.03. The van der Waals surface area contributed by atoms with Crippen LogP contribution in [-0.4, -0.2) is 43.7 Å². The molecule has 0 aliphatic carbocycles. The van der Waals surface area contributed by atoms with Crippen molar-refractivity contribution in [1.29, 1.82) is 0 Å². The van der Waals surface area contributed by atoms with Gasteiger partial charge in [0.05, 0.1) is 0 Å². The molecule has 0 saturated carbocycles. The maximum absolute atomic E-state index is 14.3. The Kier molecular flexibility index (Phi) is 5.59. The second-order valence-corrected chi connectivity index (χ2v) is 6.07. The molecule has 3 nitrogen and oxygen atoms in total. The van der Waals surface area contributed by atoms with Crippen molar-refractivity contribution in [2.75, 3.05) is 37.6 Å². The zero-order valence-electron chi connectivity index (χ0n) is 13.7. The summed E-state index contributed by atoms with van der Waals surface area (Å²) in [5.74, 6) is -0.104. The summed E-state index contributed by atoms with van der Waals surface area (Å²) in [5.41, 5.74) is 1.85. The summed E-state index contributed by atoms with van der Waals surface area (Å²) in [4.78, 5) is 4.80. The highest BCUT2D eigenvalue weighted by molar-refractivity contribution is 5.56. The number of anilines is 1. The standard InChI is InChI=1S/C17H28FN3/c1-5-19-14(4)17-15(18)7-6-8-16(17)21-11-9-20(10-12-21)13(2)3/h6-8,13-14,19H,5,9-12H2,1-4H3. The first-order valence-corrected chi connectivity index (χ1v) is 8.05. The Balaban J connectivity index is 2.18. The van der Waals surface area contributed by atoms with Crippen molar-refractivity contribution < 1.29 is 4.39 Å². The lowest BCUT2D eigenvalue weighted by Gasteiger charge is -2.39. The molecule has 0 aromatic heterocycles. The number of hydrogen-bond donors (Lipinski definition) is 1. The zero-order valence-corrected chi connectivity index (χ0v) is 13.7. The quantitative estimate of drug-likeness (QED) is 0.900. The third-order valence-electron chi connectivity index (χ3n) is 4.36. The molecule has 1 atom stereocenters. The average Bonchev–Trinajstić information content (AvgIpc) is 2.47. The first-order chi connectivity index (χ1) is 10.0. The molecule has 0 bridgehead atoms. The van der Waals surface area contributed by atoms with Gasteiger partial charge in [0.15, 0.2) is 0 Å². The van der Waals surface area contributed by atoms with E-state index in [9.17, 15) is 4.39 Å². The number of benzene rings is 1. The largest absolute Gasteiger partial charge is 0.369 e. The molecule has 118 valence electrons. The van der Waals surface area contributed by atoms with Gasteiger partial charge in [0.25, 0.3) is 0 Å². The number of nitrogens with one attached hydrogen (secondary N) is 1. The number of piperazine rings is 1. The molecule has 0 spiro atoms. The highest BCUT2D eigenvalue weighted by Crippen LogP contribution is 2.29. The number of nitrogens with zero attached hydrogens (tertiary/aromatic N) is 2. The number of rotatable bonds is 5. The molecule has 1 unspecified atom stereocenters. The fourth-order valence-electron chi connectivity index (χ4n) is 3.12. The van der Waals surface area contributed by atoms with Crippen LogP contribution in [0.1, 0.15) is 39.3 Å². The van der Waals surface area contributed by atoms with E-state index in [0.717, 1.165) is 44.0 Å². The van der Waals surface area contributed by atoms with E-state index in [2.05, 4.69) is 42.0 Å². The van der Waals surface area contributed by atoms with Gasteiger partial charge < -0.3 is 10.2 Å². The molecule has 1 aliphatic heterocycles. The SMILES string of the molecule is CCNC(C)c1c(F)cccc1N1CCN(C(C)C)CC1. The average molecular weight is 293 g/mol. The molecule has 4 heteroatoms. The molecule has 1 aromatic rings. The van der Waals surface area contributed by atoms with E-state index in [0.29, 0.717) is 6.04 Å². The Hall–Kier alpha value is -1.13. The van der Waals surface area contributed by atoms with Crippen molar-refractivity contribution in [1.82, 2.24) is 10.2 Å². The second kappa shape index (κ2) is 7.23. The van der Waals surface area contributed by atoms with Crippen molar-refractivity contribution in [3.63, 3.8) is 0 Å². The van der Waals surface area contributed by atoms with E-state index >= 15 is 0 Å². The minimum atomic E-state index is -0.104. The first kappa shape index (κ1) is 16.2. The molecule has 0 amide bonds. The van der Waals surface area contributed by atoms with Gasteiger partial charge in [0.2, 0.25) is 0 Å². The Morgan fingerprint density at radius 3 is 2.38 bits per heavy atom. The minimum absolute atomic E-state index is 0.0364. The monoisotopic (exact) mass is 293 g/mol. The molecular formula is C17H28FN3. The Labute approximate surface area is 128 Å². The molecule has 1 aromatic carbocycles. The van der Waals surface area contributed by atoms with Gasteiger partial charge in [-0.2, -0.15) is 0 Å².